The number of piperazine rings is 1. The van der Waals surface area contributed by atoms with Gasteiger partial charge in [-0.1, -0.05) is 65.2 Å². The molecular weight excluding hydrogens is 256 g/mol. The van der Waals surface area contributed by atoms with Gasteiger partial charge in [-0.15, -0.1) is 0 Å². The molecule has 21 heavy (non-hydrogen) atoms. The third-order valence-corrected chi connectivity index (χ3v) is 5.40. The lowest BCUT2D eigenvalue weighted by Crippen LogP contribution is -2.55. The highest BCUT2D eigenvalue weighted by atomic mass is 15.3. The summed E-state index contributed by atoms with van der Waals surface area (Å²) in [6.45, 7) is 12.2. The maximum Gasteiger partial charge on any atom is 0.0182 e. The number of hydrogen-bond donors (Lipinski definition) is 0. The second kappa shape index (κ2) is 10.6. The van der Waals surface area contributed by atoms with Crippen molar-refractivity contribution in [2.45, 2.75) is 90.5 Å². The quantitative estimate of drug-likeness (QED) is 0.499. The molecule has 0 aromatic rings. The molecule has 1 saturated heterocycles. The number of hydrogen-bond acceptors (Lipinski definition) is 2. The van der Waals surface area contributed by atoms with Crippen LogP contribution in [0.3, 0.4) is 0 Å². The molecule has 126 valence electrons. The fourth-order valence-corrected chi connectivity index (χ4v) is 3.65. The molecule has 1 rings (SSSR count). The van der Waals surface area contributed by atoms with E-state index < -0.39 is 0 Å². The van der Waals surface area contributed by atoms with Crippen molar-refractivity contribution in [1.82, 2.24) is 9.80 Å². The van der Waals surface area contributed by atoms with Gasteiger partial charge in [0, 0.05) is 31.7 Å². The van der Waals surface area contributed by atoms with Gasteiger partial charge < -0.3 is 4.90 Å². The van der Waals surface area contributed by atoms with E-state index in [1.807, 2.05) is 0 Å². The second-order valence-corrected chi connectivity index (χ2v) is 7.41. The predicted octanol–water partition coefficient (Wildman–Crippen LogP) is 4.93. The maximum atomic E-state index is 2.81. The highest BCUT2D eigenvalue weighted by Gasteiger charge is 2.32. The van der Waals surface area contributed by atoms with Gasteiger partial charge >= 0.3 is 0 Å². The summed E-state index contributed by atoms with van der Waals surface area (Å²) >= 11 is 0. The van der Waals surface area contributed by atoms with E-state index in [-0.39, 0.29) is 0 Å². The molecule has 0 bridgehead atoms. The Morgan fingerprint density at radius 1 is 0.714 bits per heavy atom. The van der Waals surface area contributed by atoms with Crippen LogP contribution in [0.25, 0.3) is 0 Å². The second-order valence-electron chi connectivity index (χ2n) is 7.41. The summed E-state index contributed by atoms with van der Waals surface area (Å²) in [4.78, 5) is 5.29. The van der Waals surface area contributed by atoms with E-state index in [2.05, 4.69) is 37.6 Å². The molecule has 0 spiro atoms. The van der Waals surface area contributed by atoms with Crippen molar-refractivity contribution in [2.24, 2.45) is 0 Å². The van der Waals surface area contributed by atoms with E-state index in [0.29, 0.717) is 5.54 Å². The largest absolute Gasteiger partial charge is 0.304 e. The Hall–Kier alpha value is -0.0800. The summed E-state index contributed by atoms with van der Waals surface area (Å²) in [5, 5.41) is 0. The minimum absolute atomic E-state index is 0.461. The Morgan fingerprint density at radius 3 is 1.62 bits per heavy atom. The Kier molecular flexibility index (Phi) is 9.59. The highest BCUT2D eigenvalue weighted by Crippen LogP contribution is 2.30. The van der Waals surface area contributed by atoms with Crippen LogP contribution in [0.4, 0.5) is 0 Å². The lowest BCUT2D eigenvalue weighted by Gasteiger charge is -2.46. The van der Waals surface area contributed by atoms with Crippen LogP contribution in [-0.2, 0) is 0 Å². The lowest BCUT2D eigenvalue weighted by molar-refractivity contribution is 0.0356. The van der Waals surface area contributed by atoms with Crippen LogP contribution in [0, 0.1) is 0 Å². The summed E-state index contributed by atoms with van der Waals surface area (Å²) in [6.07, 6.45) is 14.0. The van der Waals surface area contributed by atoms with Crippen LogP contribution in [-0.4, -0.2) is 48.6 Å². The Morgan fingerprint density at radius 2 is 1.19 bits per heavy atom. The zero-order chi connectivity index (χ0) is 15.6. The first-order valence-electron chi connectivity index (χ1n) is 9.56. The van der Waals surface area contributed by atoms with Crippen LogP contribution in [0.2, 0.25) is 0 Å². The third kappa shape index (κ3) is 7.15. The fourth-order valence-electron chi connectivity index (χ4n) is 3.65. The molecule has 1 fully saturated rings. The Balaban J connectivity index is 2.46. The topological polar surface area (TPSA) is 6.48 Å². The van der Waals surface area contributed by atoms with Gasteiger partial charge in [-0.2, -0.15) is 0 Å². The molecule has 0 atom stereocenters. The van der Waals surface area contributed by atoms with Crippen molar-refractivity contribution in [3.05, 3.63) is 0 Å². The molecule has 0 N–H and O–H groups in total. The first kappa shape index (κ1) is 19.0. The molecule has 2 nitrogen and oxygen atoms in total. The Labute approximate surface area is 134 Å². The normalized spacial score (nSPS) is 18.3. The van der Waals surface area contributed by atoms with Crippen LogP contribution in [0.5, 0.6) is 0 Å². The van der Waals surface area contributed by atoms with E-state index in [0.717, 1.165) is 0 Å². The van der Waals surface area contributed by atoms with E-state index >= 15 is 0 Å². The summed E-state index contributed by atoms with van der Waals surface area (Å²) in [5.74, 6) is 0. The molecule has 1 aliphatic rings. The highest BCUT2D eigenvalue weighted by molar-refractivity contribution is 4.89. The number of unbranched alkanes of at least 4 members (excludes halogenated alkanes) is 6. The van der Waals surface area contributed by atoms with Crippen molar-refractivity contribution >= 4 is 0 Å². The zero-order valence-electron chi connectivity index (χ0n) is 15.3. The molecule has 2 heteroatoms. The van der Waals surface area contributed by atoms with Crippen LogP contribution >= 0.6 is 0 Å². The van der Waals surface area contributed by atoms with Gasteiger partial charge in [-0.3, -0.25) is 4.90 Å². The standard InChI is InChI=1S/C19H40N2/c1-5-7-9-11-13-19(3,14-12-10-8-6-2)21-17-15-20(4)16-18-21/h5-18H2,1-4H3. The van der Waals surface area contributed by atoms with E-state index in [1.54, 1.807) is 0 Å². The average Bonchev–Trinajstić information content (AvgIpc) is 2.49. The minimum atomic E-state index is 0.461. The van der Waals surface area contributed by atoms with E-state index in [9.17, 15) is 0 Å². The molecule has 0 saturated carbocycles. The number of rotatable bonds is 11. The van der Waals surface area contributed by atoms with Gasteiger partial charge in [-0.05, 0) is 26.8 Å². The number of nitrogens with zero attached hydrogens (tertiary/aromatic N) is 2. The summed E-state index contributed by atoms with van der Waals surface area (Å²) in [5.41, 5.74) is 0.461. The minimum Gasteiger partial charge on any atom is -0.304 e. The van der Waals surface area contributed by atoms with Crippen LogP contribution < -0.4 is 0 Å². The average molecular weight is 297 g/mol. The molecule has 0 aromatic carbocycles. The molecule has 0 aromatic heterocycles. The number of likely N-dealkylation sites (N-methyl/N-ethyl adjacent to an activating group) is 1. The van der Waals surface area contributed by atoms with Gasteiger partial charge in [-0.25, -0.2) is 0 Å². The van der Waals surface area contributed by atoms with Gasteiger partial charge in [0.15, 0.2) is 0 Å². The van der Waals surface area contributed by atoms with Gasteiger partial charge in [0.1, 0.15) is 0 Å². The SMILES string of the molecule is CCCCCCC(C)(CCCCCC)N1CCN(C)CC1. The molecule has 0 radical (unpaired) electrons. The van der Waals surface area contributed by atoms with Crippen molar-refractivity contribution in [3.63, 3.8) is 0 Å². The molecule has 1 heterocycles. The van der Waals surface area contributed by atoms with Crippen LogP contribution in [0.1, 0.15) is 85.0 Å². The van der Waals surface area contributed by atoms with E-state index in [4.69, 9.17) is 0 Å². The molecule has 0 aliphatic carbocycles. The first-order chi connectivity index (χ1) is 10.1. The van der Waals surface area contributed by atoms with Gasteiger partial charge in [0.25, 0.3) is 0 Å². The monoisotopic (exact) mass is 296 g/mol. The maximum absolute atomic E-state index is 2.81. The smallest absolute Gasteiger partial charge is 0.0182 e. The van der Waals surface area contributed by atoms with Crippen LogP contribution in [0.15, 0.2) is 0 Å². The Bertz CT molecular complexity index is 232. The fraction of sp³-hybridized carbons (Fsp3) is 1.00. The summed E-state index contributed by atoms with van der Waals surface area (Å²) in [6, 6.07) is 0. The van der Waals surface area contributed by atoms with Crippen molar-refractivity contribution in [3.8, 4) is 0 Å². The van der Waals surface area contributed by atoms with Crippen molar-refractivity contribution in [2.75, 3.05) is 33.2 Å². The zero-order valence-corrected chi connectivity index (χ0v) is 15.3. The lowest BCUT2D eigenvalue weighted by atomic mass is 9.86. The molecule has 1 aliphatic heterocycles. The molecule has 0 unspecified atom stereocenters. The first-order valence-corrected chi connectivity index (χ1v) is 9.56. The summed E-state index contributed by atoms with van der Waals surface area (Å²) < 4.78 is 0. The van der Waals surface area contributed by atoms with Crippen molar-refractivity contribution < 1.29 is 0 Å². The third-order valence-electron chi connectivity index (χ3n) is 5.40. The van der Waals surface area contributed by atoms with Crippen molar-refractivity contribution in [1.29, 1.82) is 0 Å². The van der Waals surface area contributed by atoms with Gasteiger partial charge in [0.2, 0.25) is 0 Å². The van der Waals surface area contributed by atoms with E-state index in [1.165, 1.54) is 90.4 Å². The molecule has 0 amide bonds. The summed E-state index contributed by atoms with van der Waals surface area (Å²) in [7, 11) is 2.26. The predicted molar refractivity (Wildman–Crippen MR) is 95.0 cm³/mol. The molecular formula is C19H40N2. The van der Waals surface area contributed by atoms with Gasteiger partial charge in [0.05, 0.1) is 0 Å².